The Morgan fingerprint density at radius 3 is 2.64 bits per heavy atom. The average Bonchev–Trinajstić information content (AvgIpc) is 3.15. The Kier molecular flexibility index (Phi) is 4.89. The van der Waals surface area contributed by atoms with Gasteiger partial charge in [-0.1, -0.05) is 30.3 Å². The van der Waals surface area contributed by atoms with E-state index in [0.717, 1.165) is 24.0 Å². The predicted octanol–water partition coefficient (Wildman–Crippen LogP) is 2.59. The Morgan fingerprint density at radius 2 is 1.82 bits per heavy atom. The molecule has 0 saturated carbocycles. The molecule has 1 N–H and O–H groups in total. The zero-order chi connectivity index (χ0) is 19.5. The summed E-state index contributed by atoms with van der Waals surface area (Å²) < 4.78 is 3.40. The average molecular weight is 375 g/mol. The van der Waals surface area contributed by atoms with Crippen LogP contribution in [0.3, 0.4) is 0 Å². The first-order valence-electron chi connectivity index (χ1n) is 9.37. The van der Waals surface area contributed by atoms with Gasteiger partial charge in [-0.3, -0.25) is 9.59 Å². The van der Waals surface area contributed by atoms with Crippen molar-refractivity contribution in [1.29, 1.82) is 0 Å². The van der Waals surface area contributed by atoms with Crippen molar-refractivity contribution in [3.05, 3.63) is 70.9 Å². The minimum atomic E-state index is -0.270. The second kappa shape index (κ2) is 7.64. The lowest BCUT2D eigenvalue weighted by molar-refractivity contribution is 0.0947. The summed E-state index contributed by atoms with van der Waals surface area (Å²) in [5.74, 6) is -0.270. The highest BCUT2D eigenvalue weighted by Crippen LogP contribution is 2.14. The number of hydrogen-bond donors (Lipinski definition) is 1. The zero-order valence-corrected chi connectivity index (χ0v) is 15.6. The van der Waals surface area contributed by atoms with Crippen LogP contribution in [0.15, 0.2) is 59.7 Å². The van der Waals surface area contributed by atoms with E-state index in [0.29, 0.717) is 23.9 Å². The minimum Gasteiger partial charge on any atom is -0.351 e. The van der Waals surface area contributed by atoms with Gasteiger partial charge in [0, 0.05) is 25.0 Å². The molecule has 2 aromatic heterocycles. The standard InChI is InChI=1S/C21H21N5O2/c1-2-26-21(28)16-9-4-3-8-15(16)19(24-26)20(27)22-12-7-13-25-14-23-17-10-5-6-11-18(17)25/h3-6,8-11,14H,2,7,12-13H2,1H3,(H,22,27). The number of hydrogen-bond acceptors (Lipinski definition) is 4. The van der Waals surface area contributed by atoms with E-state index in [1.807, 2.05) is 37.5 Å². The molecule has 4 aromatic rings. The smallest absolute Gasteiger partial charge is 0.274 e. The maximum atomic E-state index is 12.7. The highest BCUT2D eigenvalue weighted by atomic mass is 16.2. The van der Waals surface area contributed by atoms with E-state index in [4.69, 9.17) is 0 Å². The molecule has 0 fully saturated rings. The van der Waals surface area contributed by atoms with E-state index in [1.54, 1.807) is 24.3 Å². The first-order valence-corrected chi connectivity index (χ1v) is 9.37. The van der Waals surface area contributed by atoms with Gasteiger partial charge in [-0.05, 0) is 31.5 Å². The van der Waals surface area contributed by atoms with Gasteiger partial charge in [0.15, 0.2) is 5.69 Å². The molecule has 7 nitrogen and oxygen atoms in total. The van der Waals surface area contributed by atoms with Crippen LogP contribution < -0.4 is 10.9 Å². The summed E-state index contributed by atoms with van der Waals surface area (Å²) in [6, 6.07) is 15.1. The van der Waals surface area contributed by atoms with E-state index < -0.39 is 0 Å². The van der Waals surface area contributed by atoms with Crippen LogP contribution in [0.4, 0.5) is 0 Å². The Balaban J connectivity index is 1.47. The van der Waals surface area contributed by atoms with E-state index >= 15 is 0 Å². The molecule has 0 unspecified atom stereocenters. The molecule has 0 spiro atoms. The van der Waals surface area contributed by atoms with Crippen molar-refractivity contribution >= 4 is 27.7 Å². The summed E-state index contributed by atoms with van der Waals surface area (Å²) in [5.41, 5.74) is 2.15. The van der Waals surface area contributed by atoms with Crippen LogP contribution >= 0.6 is 0 Å². The fraction of sp³-hybridized carbons (Fsp3) is 0.238. The largest absolute Gasteiger partial charge is 0.351 e. The Labute approximate surface area is 161 Å². The third kappa shape index (κ3) is 3.26. The summed E-state index contributed by atoms with van der Waals surface area (Å²) in [6.45, 7) is 3.51. The summed E-state index contributed by atoms with van der Waals surface area (Å²) in [4.78, 5) is 29.5. The molecule has 0 atom stereocenters. The van der Waals surface area contributed by atoms with Gasteiger partial charge in [0.25, 0.3) is 11.5 Å². The molecule has 0 bridgehead atoms. The van der Waals surface area contributed by atoms with Crippen molar-refractivity contribution in [3.8, 4) is 0 Å². The molecule has 0 aliphatic rings. The first-order chi connectivity index (χ1) is 13.7. The lowest BCUT2D eigenvalue weighted by atomic mass is 10.1. The number of aromatic nitrogens is 4. The van der Waals surface area contributed by atoms with Crippen LogP contribution in [-0.4, -0.2) is 31.8 Å². The van der Waals surface area contributed by atoms with Crippen LogP contribution in [0.2, 0.25) is 0 Å². The van der Waals surface area contributed by atoms with Crippen molar-refractivity contribution in [1.82, 2.24) is 24.6 Å². The van der Waals surface area contributed by atoms with Gasteiger partial charge in [0.05, 0.1) is 22.7 Å². The monoisotopic (exact) mass is 375 g/mol. The zero-order valence-electron chi connectivity index (χ0n) is 15.6. The van der Waals surface area contributed by atoms with Gasteiger partial charge < -0.3 is 9.88 Å². The molecule has 28 heavy (non-hydrogen) atoms. The topological polar surface area (TPSA) is 81.8 Å². The maximum absolute atomic E-state index is 12.7. The van der Waals surface area contributed by atoms with Crippen LogP contribution in [0.25, 0.3) is 21.8 Å². The molecule has 2 heterocycles. The lowest BCUT2D eigenvalue weighted by Gasteiger charge is -2.10. The molecule has 4 rings (SSSR count). The number of imidazole rings is 1. The molecular weight excluding hydrogens is 354 g/mol. The number of rotatable bonds is 6. The SMILES string of the molecule is CCn1nc(C(=O)NCCCn2cnc3ccccc32)c2ccccc2c1=O. The summed E-state index contributed by atoms with van der Waals surface area (Å²) in [5, 5.41) is 8.27. The molecule has 142 valence electrons. The number of carbonyl (C=O) groups excluding carboxylic acids is 1. The van der Waals surface area contributed by atoms with Gasteiger partial charge in [0.1, 0.15) is 0 Å². The fourth-order valence-corrected chi connectivity index (χ4v) is 3.34. The van der Waals surface area contributed by atoms with E-state index in [1.165, 1.54) is 4.68 Å². The van der Waals surface area contributed by atoms with Gasteiger partial charge in [-0.15, -0.1) is 0 Å². The lowest BCUT2D eigenvalue weighted by Crippen LogP contribution is -2.31. The van der Waals surface area contributed by atoms with Gasteiger partial charge in [-0.2, -0.15) is 5.10 Å². The highest BCUT2D eigenvalue weighted by Gasteiger charge is 2.15. The third-order valence-electron chi connectivity index (χ3n) is 4.77. The van der Waals surface area contributed by atoms with Crippen molar-refractivity contribution in [2.24, 2.45) is 0 Å². The van der Waals surface area contributed by atoms with E-state index in [9.17, 15) is 9.59 Å². The van der Waals surface area contributed by atoms with Crippen molar-refractivity contribution in [2.75, 3.05) is 6.54 Å². The van der Waals surface area contributed by atoms with Crippen molar-refractivity contribution < 1.29 is 4.79 Å². The fourth-order valence-electron chi connectivity index (χ4n) is 3.34. The number of para-hydroxylation sites is 2. The number of nitrogens with zero attached hydrogens (tertiary/aromatic N) is 4. The van der Waals surface area contributed by atoms with E-state index in [2.05, 4.69) is 20.0 Å². The Morgan fingerprint density at radius 1 is 1.07 bits per heavy atom. The first kappa shape index (κ1) is 17.9. The number of aryl methyl sites for hydroxylation is 2. The normalized spacial score (nSPS) is 11.2. The number of amides is 1. The van der Waals surface area contributed by atoms with Gasteiger partial charge >= 0.3 is 0 Å². The molecule has 0 aliphatic carbocycles. The maximum Gasteiger partial charge on any atom is 0.274 e. The van der Waals surface area contributed by atoms with Gasteiger partial charge in [0.2, 0.25) is 0 Å². The third-order valence-corrected chi connectivity index (χ3v) is 4.77. The van der Waals surface area contributed by atoms with E-state index in [-0.39, 0.29) is 17.2 Å². The number of fused-ring (bicyclic) bond motifs is 2. The minimum absolute atomic E-state index is 0.179. The van der Waals surface area contributed by atoms with Crippen LogP contribution in [0, 0.1) is 0 Å². The number of benzene rings is 2. The molecular formula is C21H21N5O2. The molecule has 7 heteroatoms. The second-order valence-electron chi connectivity index (χ2n) is 6.55. The van der Waals surface area contributed by atoms with Crippen LogP contribution in [-0.2, 0) is 13.1 Å². The molecule has 0 radical (unpaired) electrons. The number of nitrogens with one attached hydrogen (secondary N) is 1. The highest BCUT2D eigenvalue weighted by molar-refractivity contribution is 6.04. The summed E-state index contributed by atoms with van der Waals surface area (Å²) in [7, 11) is 0. The second-order valence-corrected chi connectivity index (χ2v) is 6.55. The summed E-state index contributed by atoms with van der Waals surface area (Å²) in [6.07, 6.45) is 2.58. The summed E-state index contributed by atoms with van der Waals surface area (Å²) >= 11 is 0. The number of carbonyl (C=O) groups is 1. The Hall–Kier alpha value is -3.48. The quantitative estimate of drug-likeness (QED) is 0.525. The molecule has 2 aromatic carbocycles. The molecule has 0 aliphatic heterocycles. The van der Waals surface area contributed by atoms with Crippen LogP contribution in [0.1, 0.15) is 23.8 Å². The molecule has 1 amide bonds. The Bertz CT molecular complexity index is 1210. The molecule has 0 saturated heterocycles. The predicted molar refractivity (Wildman–Crippen MR) is 108 cm³/mol. The van der Waals surface area contributed by atoms with Crippen molar-refractivity contribution in [3.63, 3.8) is 0 Å². The van der Waals surface area contributed by atoms with Gasteiger partial charge in [-0.25, -0.2) is 9.67 Å². The van der Waals surface area contributed by atoms with Crippen LogP contribution in [0.5, 0.6) is 0 Å². The van der Waals surface area contributed by atoms with Crippen molar-refractivity contribution in [2.45, 2.75) is 26.4 Å².